The van der Waals surface area contributed by atoms with Crippen LogP contribution < -0.4 is 5.32 Å². The van der Waals surface area contributed by atoms with Crippen LogP contribution in [0.3, 0.4) is 0 Å². The van der Waals surface area contributed by atoms with Crippen LogP contribution in [0.1, 0.15) is 19.4 Å². The van der Waals surface area contributed by atoms with Crippen molar-refractivity contribution in [1.29, 1.82) is 0 Å². The Balaban J connectivity index is 0.000000260. The molecule has 2 unspecified atom stereocenters. The Labute approximate surface area is 153 Å². The van der Waals surface area contributed by atoms with Gasteiger partial charge in [0.1, 0.15) is 0 Å². The lowest BCUT2D eigenvalue weighted by Gasteiger charge is -2.19. The van der Waals surface area contributed by atoms with Gasteiger partial charge in [0.25, 0.3) is 0 Å². The summed E-state index contributed by atoms with van der Waals surface area (Å²) in [4.78, 5) is 0. The predicted octanol–water partition coefficient (Wildman–Crippen LogP) is 5.76. The smallest absolute Gasteiger partial charge is 0.0461 e. The van der Waals surface area contributed by atoms with Gasteiger partial charge in [0.2, 0.25) is 0 Å². The predicted molar refractivity (Wildman–Crippen MR) is 104 cm³/mol. The van der Waals surface area contributed by atoms with Gasteiger partial charge in [-0.1, -0.05) is 67.4 Å². The molecule has 0 aliphatic heterocycles. The maximum atomic E-state index is 6.14. The summed E-state index contributed by atoms with van der Waals surface area (Å²) >= 11 is 13.9. The van der Waals surface area contributed by atoms with E-state index in [9.17, 15) is 0 Å². The summed E-state index contributed by atoms with van der Waals surface area (Å²) in [7, 11) is 1.99. The van der Waals surface area contributed by atoms with E-state index < -0.39 is 0 Å². The minimum absolute atomic E-state index is 0.606. The Hall–Kier alpha value is -0.670. The molecule has 0 aromatic heterocycles. The fourth-order valence-corrected chi connectivity index (χ4v) is 3.85. The topological polar surface area (TPSA) is 12.0 Å². The van der Waals surface area contributed by atoms with Gasteiger partial charge in [-0.15, -0.1) is 0 Å². The number of hydrogen-bond acceptors (Lipinski definition) is 2. The summed E-state index contributed by atoms with van der Waals surface area (Å²) in [5.41, 5.74) is 1.16. The molecule has 0 radical (unpaired) electrons. The average Bonchev–Trinajstić information content (AvgIpc) is 2.50. The molecule has 0 amide bonds. The highest BCUT2D eigenvalue weighted by atomic mass is 35.5. The van der Waals surface area contributed by atoms with E-state index in [0.29, 0.717) is 16.2 Å². The maximum Gasteiger partial charge on any atom is 0.0461 e. The van der Waals surface area contributed by atoms with Crippen molar-refractivity contribution < 1.29 is 0 Å². The third kappa shape index (κ3) is 5.42. The molecule has 0 spiro atoms. The van der Waals surface area contributed by atoms with Crippen molar-refractivity contribution in [3.05, 3.63) is 68.5 Å². The lowest BCUT2D eigenvalue weighted by molar-refractivity contribution is 0.540. The highest BCUT2D eigenvalue weighted by Crippen LogP contribution is 2.28. The first-order valence-electron chi connectivity index (χ1n) is 7.82. The van der Waals surface area contributed by atoms with Crippen molar-refractivity contribution in [3.63, 3.8) is 0 Å². The Morgan fingerprint density at radius 2 is 1.61 bits per heavy atom. The van der Waals surface area contributed by atoms with Crippen LogP contribution in [0.4, 0.5) is 0 Å². The number of rotatable bonds is 6. The van der Waals surface area contributed by atoms with E-state index in [0.717, 1.165) is 22.9 Å². The molecule has 2 aliphatic carbocycles. The molecule has 1 aromatic carbocycles. The van der Waals surface area contributed by atoms with Gasteiger partial charge in [-0.2, -0.15) is 11.8 Å². The fraction of sp³-hybridized carbons (Fsp3) is 0.368. The molecular weight excluding hydrogens is 345 g/mol. The summed E-state index contributed by atoms with van der Waals surface area (Å²) in [5.74, 6) is 1.58. The monoisotopic (exact) mass is 367 g/mol. The Kier molecular flexibility index (Phi) is 7.29. The molecule has 2 atom stereocenters. The average molecular weight is 368 g/mol. The third-order valence-electron chi connectivity index (χ3n) is 4.06. The molecule has 0 bridgehead atoms. The first kappa shape index (κ1) is 18.7. The molecule has 4 heteroatoms. The minimum Gasteiger partial charge on any atom is -0.319 e. The van der Waals surface area contributed by atoms with Crippen LogP contribution in [0.15, 0.2) is 42.5 Å². The molecule has 0 saturated carbocycles. The summed E-state index contributed by atoms with van der Waals surface area (Å²) in [6.45, 7) is 5.57. The van der Waals surface area contributed by atoms with Crippen LogP contribution in [0, 0.1) is 16.4 Å². The molecule has 2 aliphatic rings. The number of halogens is 2. The molecule has 3 rings (SSSR count). The molecule has 124 valence electrons. The number of nitrogens with one attached hydrogen (secondary N) is 1. The van der Waals surface area contributed by atoms with Gasteiger partial charge in [0, 0.05) is 21.0 Å². The van der Waals surface area contributed by atoms with Crippen LogP contribution in [0.2, 0.25) is 10.0 Å². The van der Waals surface area contributed by atoms with Crippen LogP contribution in [-0.2, 0) is 5.75 Å². The van der Waals surface area contributed by atoms with E-state index >= 15 is 0 Å². The van der Waals surface area contributed by atoms with Crippen molar-refractivity contribution >= 4 is 35.0 Å². The van der Waals surface area contributed by atoms with E-state index in [4.69, 9.17) is 23.2 Å². The van der Waals surface area contributed by atoms with Crippen LogP contribution in [0.5, 0.6) is 0 Å². The van der Waals surface area contributed by atoms with E-state index in [2.05, 4.69) is 43.4 Å². The van der Waals surface area contributed by atoms with E-state index in [1.807, 2.05) is 30.9 Å². The largest absolute Gasteiger partial charge is 0.319 e. The first-order valence-corrected chi connectivity index (χ1v) is 9.62. The van der Waals surface area contributed by atoms with Crippen molar-refractivity contribution in [3.8, 4) is 0 Å². The van der Waals surface area contributed by atoms with Crippen molar-refractivity contribution in [2.24, 2.45) is 5.92 Å². The molecule has 0 fully saturated rings. The van der Waals surface area contributed by atoms with Gasteiger partial charge < -0.3 is 5.32 Å². The molecule has 1 aromatic rings. The zero-order valence-electron chi connectivity index (χ0n) is 13.8. The summed E-state index contributed by atoms with van der Waals surface area (Å²) in [6.07, 6.45) is 0. The second-order valence-electron chi connectivity index (χ2n) is 5.86. The van der Waals surface area contributed by atoms with Gasteiger partial charge in [0.15, 0.2) is 0 Å². The van der Waals surface area contributed by atoms with Crippen LogP contribution >= 0.6 is 35.0 Å². The zero-order valence-corrected chi connectivity index (χ0v) is 16.1. The highest BCUT2D eigenvalue weighted by molar-refractivity contribution is 7.99. The molecular formula is C19H23Cl2NS. The molecule has 23 heavy (non-hydrogen) atoms. The summed E-state index contributed by atoms with van der Waals surface area (Å²) in [5, 5.41) is 8.12. The maximum absolute atomic E-state index is 6.14. The van der Waals surface area contributed by atoms with Gasteiger partial charge in [-0.3, -0.25) is 0 Å². The second-order valence-corrected chi connectivity index (χ2v) is 8.07. The van der Waals surface area contributed by atoms with E-state index in [1.165, 1.54) is 10.4 Å². The summed E-state index contributed by atoms with van der Waals surface area (Å²) in [6, 6.07) is 14.2. The highest BCUT2D eigenvalue weighted by Gasteiger charge is 2.12. The second kappa shape index (κ2) is 8.98. The minimum atomic E-state index is 0.606. The van der Waals surface area contributed by atoms with Crippen molar-refractivity contribution in [2.75, 3.05) is 13.6 Å². The molecule has 0 heterocycles. The molecule has 0 saturated heterocycles. The van der Waals surface area contributed by atoms with Gasteiger partial charge in [0.05, 0.1) is 0 Å². The van der Waals surface area contributed by atoms with Gasteiger partial charge >= 0.3 is 0 Å². The molecule has 1 N–H and O–H groups in total. The Morgan fingerprint density at radius 1 is 1.00 bits per heavy atom. The SMILES string of the molecule is CNCC(C)C(C)SCc1ccc(Cl)cc1Cl.c1cc2ccc1=2. The molecule has 1 nitrogen and oxygen atoms in total. The van der Waals surface area contributed by atoms with Crippen molar-refractivity contribution in [1.82, 2.24) is 5.32 Å². The van der Waals surface area contributed by atoms with Gasteiger partial charge in [-0.25, -0.2) is 0 Å². The fourth-order valence-electron chi connectivity index (χ4n) is 2.17. The quantitative estimate of drug-likeness (QED) is 0.594. The van der Waals surface area contributed by atoms with Crippen LogP contribution in [0.25, 0.3) is 0 Å². The summed E-state index contributed by atoms with van der Waals surface area (Å²) < 4.78 is 0. The normalized spacial score (nSPS) is 13.8. The number of benzene rings is 2. The Bertz CT molecular complexity index is 682. The number of thioether (sulfide) groups is 1. The lowest BCUT2D eigenvalue weighted by Crippen LogP contribution is -2.23. The van der Waals surface area contributed by atoms with E-state index in [-0.39, 0.29) is 0 Å². The standard InChI is InChI=1S/C13H19Cl2NS.C6H4/c1-9(7-16-3)10(2)17-8-11-4-5-12(14)6-13(11)15;1-2-6-4-3-5(1)6/h4-6,9-10,16H,7-8H2,1-3H3;1-4H. The van der Waals surface area contributed by atoms with Crippen LogP contribution in [-0.4, -0.2) is 18.8 Å². The van der Waals surface area contributed by atoms with Crippen molar-refractivity contribution in [2.45, 2.75) is 24.9 Å². The Morgan fingerprint density at radius 3 is 2.04 bits per heavy atom. The zero-order chi connectivity index (χ0) is 16.8. The van der Waals surface area contributed by atoms with Gasteiger partial charge in [-0.05, 0) is 47.6 Å². The number of hydrogen-bond donors (Lipinski definition) is 1. The lowest BCUT2D eigenvalue weighted by atomic mass is 10.1. The third-order valence-corrected chi connectivity index (χ3v) is 6.12. The van der Waals surface area contributed by atoms with E-state index in [1.54, 1.807) is 6.07 Å². The first-order chi connectivity index (χ1) is 11.0.